The predicted octanol–water partition coefficient (Wildman–Crippen LogP) is 5.35. The van der Waals surface area contributed by atoms with Crippen LogP contribution in [0.1, 0.15) is 32.1 Å². The van der Waals surface area contributed by atoms with E-state index in [1.807, 2.05) is 35.3 Å². The van der Waals surface area contributed by atoms with E-state index in [4.69, 9.17) is 0 Å². The molecule has 0 amide bonds. The number of aryl methyl sites for hydroxylation is 1. The van der Waals surface area contributed by atoms with Gasteiger partial charge in [-0.15, -0.1) is 5.10 Å². The molecule has 0 bridgehead atoms. The highest BCUT2D eigenvalue weighted by Crippen LogP contribution is 2.24. The maximum atomic E-state index is 4.23. The number of hydrogen-bond acceptors (Lipinski definition) is 5. The first-order valence-electron chi connectivity index (χ1n) is 9.28. The highest BCUT2D eigenvalue weighted by Gasteiger charge is 2.03. The van der Waals surface area contributed by atoms with Gasteiger partial charge in [-0.1, -0.05) is 36.6 Å². The number of nitrogens with zero attached hydrogens (tertiary/aromatic N) is 4. The topological polar surface area (TPSA) is 55.6 Å². The molecule has 0 atom stereocenters. The summed E-state index contributed by atoms with van der Waals surface area (Å²) in [7, 11) is 0. The molecule has 0 saturated heterocycles. The molecule has 0 saturated carbocycles. The quantitative estimate of drug-likeness (QED) is 0.318. The fourth-order valence-corrected chi connectivity index (χ4v) is 3.95. The number of pyridine rings is 1. The number of halogens is 1. The molecule has 2 aromatic heterocycles. The second-order valence-electron chi connectivity index (χ2n) is 6.30. The highest BCUT2D eigenvalue weighted by atomic mass is 79.9. The zero-order valence-electron chi connectivity index (χ0n) is 15.2. The van der Waals surface area contributed by atoms with Crippen molar-refractivity contribution >= 4 is 27.9 Å². The van der Waals surface area contributed by atoms with Gasteiger partial charge in [0.2, 0.25) is 0 Å². The molecule has 27 heavy (non-hydrogen) atoms. The molecule has 3 aromatic rings. The zero-order chi connectivity index (χ0) is 18.7. The number of hydrogen-bond donors (Lipinski definition) is 1. The minimum absolute atomic E-state index is 0.886. The molecule has 0 radical (unpaired) electrons. The normalized spacial score (nSPS) is 11.0. The minimum Gasteiger partial charge on any atom is -0.264 e. The second kappa shape index (κ2) is 11.2. The Hall–Kier alpha value is -1.70. The van der Waals surface area contributed by atoms with E-state index < -0.39 is 0 Å². The van der Waals surface area contributed by atoms with Gasteiger partial charge in [-0.25, -0.2) is 0 Å². The summed E-state index contributed by atoms with van der Waals surface area (Å²) in [5, 5.41) is 8.43. The van der Waals surface area contributed by atoms with Gasteiger partial charge in [0.15, 0.2) is 0 Å². The highest BCUT2D eigenvalue weighted by molar-refractivity contribution is 9.10. The third kappa shape index (κ3) is 6.75. The molecule has 5 nitrogen and oxygen atoms in total. The van der Waals surface area contributed by atoms with Crippen molar-refractivity contribution in [2.75, 3.05) is 6.54 Å². The number of rotatable bonds is 11. The SMILES string of the molecule is Brc1ccccc1SNCCCCCCCn1cc(-c2cccnc2)nn1. The average Bonchev–Trinajstić information content (AvgIpc) is 3.18. The van der Waals surface area contributed by atoms with Gasteiger partial charge in [0.25, 0.3) is 0 Å². The fraction of sp³-hybridized carbons (Fsp3) is 0.350. The Labute approximate surface area is 173 Å². The molecule has 0 aliphatic rings. The molecule has 2 heterocycles. The summed E-state index contributed by atoms with van der Waals surface area (Å²) in [6.07, 6.45) is 11.6. The van der Waals surface area contributed by atoms with E-state index in [-0.39, 0.29) is 0 Å². The van der Waals surface area contributed by atoms with Crippen molar-refractivity contribution in [2.45, 2.75) is 43.5 Å². The van der Waals surface area contributed by atoms with Crippen LogP contribution in [0, 0.1) is 0 Å². The van der Waals surface area contributed by atoms with Crippen LogP contribution in [-0.4, -0.2) is 26.5 Å². The largest absolute Gasteiger partial charge is 0.264 e. The third-order valence-corrected chi connectivity index (χ3v) is 6.06. The summed E-state index contributed by atoms with van der Waals surface area (Å²) in [6, 6.07) is 12.2. The number of aromatic nitrogens is 4. The average molecular weight is 446 g/mol. The number of benzene rings is 1. The van der Waals surface area contributed by atoms with Crippen LogP contribution in [0.2, 0.25) is 0 Å². The fourth-order valence-electron chi connectivity index (χ4n) is 2.71. The molecule has 0 unspecified atom stereocenters. The Balaban J connectivity index is 1.23. The Morgan fingerprint density at radius 2 is 1.85 bits per heavy atom. The molecule has 142 valence electrons. The van der Waals surface area contributed by atoms with Gasteiger partial charge >= 0.3 is 0 Å². The molecule has 3 rings (SSSR count). The Bertz CT molecular complexity index is 809. The first-order chi connectivity index (χ1) is 13.3. The minimum atomic E-state index is 0.886. The summed E-state index contributed by atoms with van der Waals surface area (Å²) in [6.45, 7) is 1.95. The second-order valence-corrected chi connectivity index (χ2v) is 8.09. The first kappa shape index (κ1) is 20.0. The van der Waals surface area contributed by atoms with Crippen LogP contribution in [-0.2, 0) is 6.54 Å². The van der Waals surface area contributed by atoms with E-state index in [0.29, 0.717) is 0 Å². The lowest BCUT2D eigenvalue weighted by Crippen LogP contribution is -2.05. The van der Waals surface area contributed by atoms with Crippen molar-refractivity contribution in [3.05, 3.63) is 59.5 Å². The van der Waals surface area contributed by atoms with Crippen LogP contribution in [0.5, 0.6) is 0 Å². The monoisotopic (exact) mass is 445 g/mol. The Kier molecular flexibility index (Phi) is 8.32. The van der Waals surface area contributed by atoms with E-state index in [2.05, 4.69) is 54.1 Å². The maximum absolute atomic E-state index is 4.23. The first-order valence-corrected chi connectivity index (χ1v) is 10.9. The summed E-state index contributed by atoms with van der Waals surface area (Å²) in [5.74, 6) is 0. The summed E-state index contributed by atoms with van der Waals surface area (Å²) >= 11 is 5.26. The number of nitrogens with one attached hydrogen (secondary N) is 1. The molecule has 1 N–H and O–H groups in total. The lowest BCUT2D eigenvalue weighted by atomic mass is 10.1. The molecular formula is C20H24BrN5S. The summed E-state index contributed by atoms with van der Waals surface area (Å²) in [4.78, 5) is 5.36. The molecular weight excluding hydrogens is 422 g/mol. The van der Waals surface area contributed by atoms with Crippen molar-refractivity contribution in [3.63, 3.8) is 0 Å². The van der Waals surface area contributed by atoms with Crippen LogP contribution >= 0.6 is 27.9 Å². The standard InChI is InChI=1S/C20H24BrN5S/c21-18-10-4-5-11-20(18)27-23-13-6-2-1-3-7-14-26-16-19(24-25-26)17-9-8-12-22-15-17/h4-5,8-12,15-16,23H,1-3,6-7,13-14H2. The summed E-state index contributed by atoms with van der Waals surface area (Å²) < 4.78 is 6.51. The molecule has 1 aromatic carbocycles. The van der Waals surface area contributed by atoms with Crippen LogP contribution in [0.3, 0.4) is 0 Å². The van der Waals surface area contributed by atoms with E-state index in [0.717, 1.165) is 35.2 Å². The number of unbranched alkanes of at least 4 members (excludes halogenated alkanes) is 4. The van der Waals surface area contributed by atoms with Crippen molar-refractivity contribution < 1.29 is 0 Å². The molecule has 0 spiro atoms. The molecule has 0 aliphatic heterocycles. The van der Waals surface area contributed by atoms with Gasteiger partial charge in [-0.3, -0.25) is 14.4 Å². The van der Waals surface area contributed by atoms with E-state index in [1.54, 1.807) is 18.1 Å². The van der Waals surface area contributed by atoms with Gasteiger partial charge in [0, 0.05) is 40.4 Å². The van der Waals surface area contributed by atoms with Crippen molar-refractivity contribution in [1.82, 2.24) is 24.7 Å². The lowest BCUT2D eigenvalue weighted by Gasteiger charge is -2.06. The van der Waals surface area contributed by atoms with Crippen LogP contribution < -0.4 is 4.72 Å². The van der Waals surface area contributed by atoms with E-state index in [1.165, 1.54) is 30.6 Å². The van der Waals surface area contributed by atoms with Gasteiger partial charge < -0.3 is 0 Å². The Morgan fingerprint density at radius 1 is 1.00 bits per heavy atom. The van der Waals surface area contributed by atoms with Crippen molar-refractivity contribution in [3.8, 4) is 11.3 Å². The van der Waals surface area contributed by atoms with Gasteiger partial charge in [-0.05, 0) is 65.0 Å². The van der Waals surface area contributed by atoms with Gasteiger partial charge in [0.05, 0.1) is 6.20 Å². The van der Waals surface area contributed by atoms with E-state index >= 15 is 0 Å². The van der Waals surface area contributed by atoms with Gasteiger partial charge in [-0.2, -0.15) is 0 Å². The summed E-state index contributed by atoms with van der Waals surface area (Å²) in [5.41, 5.74) is 1.90. The molecule has 0 aliphatic carbocycles. The molecule has 0 fully saturated rings. The third-order valence-electron chi connectivity index (χ3n) is 4.18. The Morgan fingerprint density at radius 3 is 2.70 bits per heavy atom. The zero-order valence-corrected chi connectivity index (χ0v) is 17.6. The van der Waals surface area contributed by atoms with Crippen molar-refractivity contribution in [2.24, 2.45) is 0 Å². The van der Waals surface area contributed by atoms with Crippen LogP contribution in [0.4, 0.5) is 0 Å². The molecule has 7 heteroatoms. The van der Waals surface area contributed by atoms with Crippen molar-refractivity contribution in [1.29, 1.82) is 0 Å². The van der Waals surface area contributed by atoms with Crippen LogP contribution in [0.15, 0.2) is 64.4 Å². The van der Waals surface area contributed by atoms with Gasteiger partial charge in [0.1, 0.15) is 5.69 Å². The lowest BCUT2D eigenvalue weighted by molar-refractivity contribution is 0.517. The van der Waals surface area contributed by atoms with E-state index in [9.17, 15) is 0 Å². The predicted molar refractivity (Wildman–Crippen MR) is 114 cm³/mol. The smallest absolute Gasteiger partial charge is 0.114 e. The maximum Gasteiger partial charge on any atom is 0.114 e. The van der Waals surface area contributed by atoms with Crippen LogP contribution in [0.25, 0.3) is 11.3 Å².